The SMILES string of the molecule is CC.Cc1cnccc1Oc1ccccc1. The zero-order valence-corrected chi connectivity index (χ0v) is 9.97. The van der Waals surface area contributed by atoms with Crippen LogP contribution in [-0.4, -0.2) is 4.98 Å². The second kappa shape index (κ2) is 6.62. The maximum absolute atomic E-state index is 5.67. The molecule has 0 radical (unpaired) electrons. The van der Waals surface area contributed by atoms with Gasteiger partial charge in [0, 0.05) is 18.0 Å². The van der Waals surface area contributed by atoms with E-state index in [1.165, 1.54) is 0 Å². The van der Waals surface area contributed by atoms with Crippen LogP contribution >= 0.6 is 0 Å². The van der Waals surface area contributed by atoms with Gasteiger partial charge in [-0.05, 0) is 25.1 Å². The number of pyridine rings is 1. The molecule has 16 heavy (non-hydrogen) atoms. The van der Waals surface area contributed by atoms with E-state index in [1.54, 1.807) is 12.4 Å². The summed E-state index contributed by atoms with van der Waals surface area (Å²) in [6, 6.07) is 11.6. The van der Waals surface area contributed by atoms with Gasteiger partial charge in [0.2, 0.25) is 0 Å². The maximum Gasteiger partial charge on any atom is 0.133 e. The second-order valence-electron chi connectivity index (χ2n) is 3.06. The number of nitrogens with zero attached hydrogens (tertiary/aromatic N) is 1. The van der Waals surface area contributed by atoms with Crippen LogP contribution in [-0.2, 0) is 0 Å². The topological polar surface area (TPSA) is 22.1 Å². The Labute approximate surface area is 96.9 Å². The maximum atomic E-state index is 5.67. The molecule has 1 heterocycles. The smallest absolute Gasteiger partial charge is 0.133 e. The third kappa shape index (κ3) is 3.39. The second-order valence-corrected chi connectivity index (χ2v) is 3.06. The Morgan fingerprint density at radius 2 is 1.69 bits per heavy atom. The first-order valence-electron chi connectivity index (χ1n) is 5.50. The average molecular weight is 215 g/mol. The minimum absolute atomic E-state index is 0.849. The fourth-order valence-corrected chi connectivity index (χ4v) is 1.19. The van der Waals surface area contributed by atoms with Gasteiger partial charge in [-0.1, -0.05) is 32.0 Å². The highest BCUT2D eigenvalue weighted by atomic mass is 16.5. The van der Waals surface area contributed by atoms with Crippen LogP contribution in [0.15, 0.2) is 48.8 Å². The van der Waals surface area contributed by atoms with Gasteiger partial charge in [-0.3, -0.25) is 4.98 Å². The van der Waals surface area contributed by atoms with Crippen LogP contribution in [0.25, 0.3) is 0 Å². The summed E-state index contributed by atoms with van der Waals surface area (Å²) in [6.45, 7) is 5.98. The van der Waals surface area contributed by atoms with Gasteiger partial charge in [0.15, 0.2) is 0 Å². The molecule has 2 rings (SSSR count). The summed E-state index contributed by atoms with van der Waals surface area (Å²) >= 11 is 0. The largest absolute Gasteiger partial charge is 0.457 e. The first-order valence-corrected chi connectivity index (χ1v) is 5.50. The summed E-state index contributed by atoms with van der Waals surface area (Å²) in [5.41, 5.74) is 1.04. The van der Waals surface area contributed by atoms with Crippen LogP contribution in [0.3, 0.4) is 0 Å². The lowest BCUT2D eigenvalue weighted by Crippen LogP contribution is -1.87. The Bertz CT molecular complexity index is 412. The fourth-order valence-electron chi connectivity index (χ4n) is 1.19. The van der Waals surface area contributed by atoms with Crippen molar-refractivity contribution in [1.82, 2.24) is 4.98 Å². The number of ether oxygens (including phenoxy) is 1. The molecule has 0 unspecified atom stereocenters. The van der Waals surface area contributed by atoms with Gasteiger partial charge in [0.25, 0.3) is 0 Å². The van der Waals surface area contributed by atoms with E-state index in [-0.39, 0.29) is 0 Å². The van der Waals surface area contributed by atoms with E-state index in [9.17, 15) is 0 Å². The van der Waals surface area contributed by atoms with Gasteiger partial charge in [-0.25, -0.2) is 0 Å². The quantitative estimate of drug-likeness (QED) is 0.748. The highest BCUT2D eigenvalue weighted by molar-refractivity contribution is 5.34. The summed E-state index contributed by atoms with van der Waals surface area (Å²) in [5, 5.41) is 0. The van der Waals surface area contributed by atoms with Crippen molar-refractivity contribution in [2.24, 2.45) is 0 Å². The van der Waals surface area contributed by atoms with Crippen LogP contribution < -0.4 is 4.74 Å². The van der Waals surface area contributed by atoms with Crippen molar-refractivity contribution >= 4 is 0 Å². The standard InChI is InChI=1S/C12H11NO.C2H6/c1-10-9-13-8-7-12(10)14-11-5-3-2-4-6-11;1-2/h2-9H,1H3;1-2H3. The van der Waals surface area contributed by atoms with E-state index in [0.717, 1.165) is 17.1 Å². The van der Waals surface area contributed by atoms with Crippen molar-refractivity contribution in [3.05, 3.63) is 54.4 Å². The van der Waals surface area contributed by atoms with Gasteiger partial charge in [0.05, 0.1) is 0 Å². The first kappa shape index (κ1) is 12.2. The molecule has 0 aliphatic carbocycles. The van der Waals surface area contributed by atoms with Crippen molar-refractivity contribution in [3.63, 3.8) is 0 Å². The molecular formula is C14H17NO. The van der Waals surface area contributed by atoms with Gasteiger partial charge < -0.3 is 4.74 Å². The molecule has 0 N–H and O–H groups in total. The third-order valence-electron chi connectivity index (χ3n) is 1.94. The molecule has 2 aromatic rings. The lowest BCUT2D eigenvalue weighted by atomic mass is 10.3. The van der Waals surface area contributed by atoms with Crippen molar-refractivity contribution in [3.8, 4) is 11.5 Å². The number of hydrogen-bond donors (Lipinski definition) is 0. The van der Waals surface area contributed by atoms with Crippen molar-refractivity contribution in [1.29, 1.82) is 0 Å². The number of benzene rings is 1. The predicted molar refractivity (Wildman–Crippen MR) is 66.8 cm³/mol. The Kier molecular flexibility index (Phi) is 5.06. The Morgan fingerprint density at radius 1 is 1.00 bits per heavy atom. The van der Waals surface area contributed by atoms with Gasteiger partial charge in [0.1, 0.15) is 11.5 Å². The highest BCUT2D eigenvalue weighted by Gasteiger charge is 1.98. The minimum atomic E-state index is 0.849. The molecule has 0 aliphatic rings. The highest BCUT2D eigenvalue weighted by Crippen LogP contribution is 2.22. The molecule has 0 fully saturated rings. The fraction of sp³-hybridized carbons (Fsp3) is 0.214. The number of aromatic nitrogens is 1. The summed E-state index contributed by atoms with van der Waals surface area (Å²) in [5.74, 6) is 1.70. The molecule has 0 aliphatic heterocycles. The van der Waals surface area contributed by atoms with Gasteiger partial charge in [-0.2, -0.15) is 0 Å². The molecule has 2 heteroatoms. The van der Waals surface area contributed by atoms with E-state index in [2.05, 4.69) is 4.98 Å². The summed E-state index contributed by atoms with van der Waals surface area (Å²) in [4.78, 5) is 4.01. The normalized spacial score (nSPS) is 8.94. The molecule has 0 amide bonds. The van der Waals surface area contributed by atoms with Crippen LogP contribution in [0.1, 0.15) is 19.4 Å². The molecule has 0 saturated heterocycles. The van der Waals surface area contributed by atoms with E-state index in [0.29, 0.717) is 0 Å². The molecule has 1 aromatic carbocycles. The van der Waals surface area contributed by atoms with Crippen LogP contribution in [0, 0.1) is 6.92 Å². The summed E-state index contributed by atoms with van der Waals surface area (Å²) in [6.07, 6.45) is 3.52. The lowest BCUT2D eigenvalue weighted by Gasteiger charge is -2.06. The molecule has 0 bridgehead atoms. The van der Waals surface area contributed by atoms with E-state index >= 15 is 0 Å². The zero-order valence-electron chi connectivity index (χ0n) is 9.97. The molecule has 0 saturated carbocycles. The Morgan fingerprint density at radius 3 is 2.31 bits per heavy atom. The minimum Gasteiger partial charge on any atom is -0.457 e. The van der Waals surface area contributed by atoms with Gasteiger partial charge >= 0.3 is 0 Å². The zero-order chi connectivity index (χ0) is 11.8. The van der Waals surface area contributed by atoms with Crippen molar-refractivity contribution in [2.75, 3.05) is 0 Å². The summed E-state index contributed by atoms with van der Waals surface area (Å²) in [7, 11) is 0. The van der Waals surface area contributed by atoms with Crippen LogP contribution in [0.5, 0.6) is 11.5 Å². The molecule has 1 aromatic heterocycles. The van der Waals surface area contributed by atoms with E-state index in [4.69, 9.17) is 4.74 Å². The van der Waals surface area contributed by atoms with Crippen LogP contribution in [0.2, 0.25) is 0 Å². The number of hydrogen-bond acceptors (Lipinski definition) is 2. The van der Waals surface area contributed by atoms with E-state index in [1.807, 2.05) is 57.2 Å². The Hall–Kier alpha value is -1.83. The van der Waals surface area contributed by atoms with Crippen molar-refractivity contribution < 1.29 is 4.74 Å². The molecule has 84 valence electrons. The third-order valence-corrected chi connectivity index (χ3v) is 1.94. The summed E-state index contributed by atoms with van der Waals surface area (Å²) < 4.78 is 5.67. The number of aryl methyl sites for hydroxylation is 1. The van der Waals surface area contributed by atoms with Crippen LogP contribution in [0.4, 0.5) is 0 Å². The van der Waals surface area contributed by atoms with E-state index < -0.39 is 0 Å². The number of rotatable bonds is 2. The molecule has 0 spiro atoms. The molecular weight excluding hydrogens is 198 g/mol. The predicted octanol–water partition coefficient (Wildman–Crippen LogP) is 4.21. The molecule has 0 atom stereocenters. The Balaban J connectivity index is 0.000000606. The monoisotopic (exact) mass is 215 g/mol. The number of para-hydroxylation sites is 1. The average Bonchev–Trinajstić information content (AvgIpc) is 2.36. The molecule has 2 nitrogen and oxygen atoms in total. The lowest BCUT2D eigenvalue weighted by molar-refractivity contribution is 0.478. The van der Waals surface area contributed by atoms with Gasteiger partial charge in [-0.15, -0.1) is 0 Å². The first-order chi connectivity index (χ1) is 7.86. The van der Waals surface area contributed by atoms with Crippen molar-refractivity contribution in [2.45, 2.75) is 20.8 Å².